The van der Waals surface area contributed by atoms with Gasteiger partial charge in [0, 0.05) is 11.1 Å². The zero-order chi connectivity index (χ0) is 13.0. The summed E-state index contributed by atoms with van der Waals surface area (Å²) in [6.07, 6.45) is 4.24. The molecule has 96 valence electrons. The standard InChI is InChI=1S/C14H17FN2O/c15-13-7-11(8-16)3-4-12(13)9-18-10-14(17)5-1-2-6-14/h3-4,7H,1-2,5-6,9-10,17H2. The van der Waals surface area contributed by atoms with E-state index in [-0.39, 0.29) is 12.1 Å². The molecule has 0 amide bonds. The van der Waals surface area contributed by atoms with Crippen LogP contribution in [-0.4, -0.2) is 12.1 Å². The maximum atomic E-state index is 13.6. The van der Waals surface area contributed by atoms with Crippen LogP contribution in [-0.2, 0) is 11.3 Å². The molecule has 1 fully saturated rings. The molecule has 0 radical (unpaired) electrons. The van der Waals surface area contributed by atoms with Crippen molar-refractivity contribution in [1.82, 2.24) is 0 Å². The summed E-state index contributed by atoms with van der Waals surface area (Å²) in [7, 11) is 0. The van der Waals surface area contributed by atoms with E-state index in [0.717, 1.165) is 25.7 Å². The van der Waals surface area contributed by atoms with E-state index in [1.54, 1.807) is 12.1 Å². The lowest BCUT2D eigenvalue weighted by Gasteiger charge is -2.23. The van der Waals surface area contributed by atoms with Crippen molar-refractivity contribution in [1.29, 1.82) is 5.26 Å². The molecule has 0 saturated heterocycles. The minimum absolute atomic E-state index is 0.205. The van der Waals surface area contributed by atoms with Crippen molar-refractivity contribution < 1.29 is 9.13 Å². The average Bonchev–Trinajstić information content (AvgIpc) is 2.78. The monoisotopic (exact) mass is 248 g/mol. The van der Waals surface area contributed by atoms with Crippen molar-refractivity contribution in [3.8, 4) is 6.07 Å². The Balaban J connectivity index is 1.89. The molecule has 0 bridgehead atoms. The molecule has 1 aromatic rings. The molecular formula is C14H17FN2O. The van der Waals surface area contributed by atoms with Gasteiger partial charge in [-0.3, -0.25) is 0 Å². The number of nitrogens with two attached hydrogens (primary N) is 1. The lowest BCUT2D eigenvalue weighted by Crippen LogP contribution is -2.41. The first-order valence-corrected chi connectivity index (χ1v) is 6.18. The van der Waals surface area contributed by atoms with E-state index in [9.17, 15) is 4.39 Å². The molecule has 4 heteroatoms. The Morgan fingerprint density at radius 2 is 2.11 bits per heavy atom. The first-order valence-electron chi connectivity index (χ1n) is 6.18. The summed E-state index contributed by atoms with van der Waals surface area (Å²) in [5, 5.41) is 8.64. The highest BCUT2D eigenvalue weighted by atomic mass is 19.1. The van der Waals surface area contributed by atoms with Gasteiger partial charge in [0.1, 0.15) is 5.82 Å². The van der Waals surface area contributed by atoms with Gasteiger partial charge in [-0.25, -0.2) is 4.39 Å². The van der Waals surface area contributed by atoms with E-state index in [2.05, 4.69) is 0 Å². The number of ether oxygens (including phenoxy) is 1. The van der Waals surface area contributed by atoms with Gasteiger partial charge in [-0.2, -0.15) is 5.26 Å². The minimum atomic E-state index is -0.397. The van der Waals surface area contributed by atoms with E-state index in [0.29, 0.717) is 17.7 Å². The molecule has 18 heavy (non-hydrogen) atoms. The van der Waals surface area contributed by atoms with Crippen molar-refractivity contribution in [3.05, 3.63) is 35.1 Å². The Morgan fingerprint density at radius 1 is 1.39 bits per heavy atom. The van der Waals surface area contributed by atoms with E-state index in [4.69, 9.17) is 15.7 Å². The molecule has 0 aromatic heterocycles. The van der Waals surface area contributed by atoms with Crippen LogP contribution in [0.2, 0.25) is 0 Å². The Hall–Kier alpha value is -1.44. The summed E-state index contributed by atoms with van der Waals surface area (Å²) in [6, 6.07) is 6.31. The quantitative estimate of drug-likeness (QED) is 0.890. The van der Waals surface area contributed by atoms with E-state index < -0.39 is 5.82 Å². The number of benzene rings is 1. The molecule has 1 aromatic carbocycles. The lowest BCUT2D eigenvalue weighted by molar-refractivity contribution is 0.0734. The third kappa shape index (κ3) is 3.06. The molecule has 0 atom stereocenters. The first-order chi connectivity index (χ1) is 8.63. The van der Waals surface area contributed by atoms with Gasteiger partial charge in [0.25, 0.3) is 0 Å². The van der Waals surface area contributed by atoms with Crippen LogP contribution in [0.15, 0.2) is 18.2 Å². The van der Waals surface area contributed by atoms with Gasteiger partial charge in [-0.05, 0) is 25.0 Å². The van der Waals surface area contributed by atoms with Crippen LogP contribution in [0.5, 0.6) is 0 Å². The highest BCUT2D eigenvalue weighted by Crippen LogP contribution is 2.27. The van der Waals surface area contributed by atoms with Crippen molar-refractivity contribution >= 4 is 0 Å². The Kier molecular flexibility index (Phi) is 3.95. The summed E-state index contributed by atoms with van der Waals surface area (Å²) >= 11 is 0. The smallest absolute Gasteiger partial charge is 0.130 e. The summed E-state index contributed by atoms with van der Waals surface area (Å²) in [4.78, 5) is 0. The predicted molar refractivity (Wildman–Crippen MR) is 66.2 cm³/mol. The number of rotatable bonds is 4. The Labute approximate surface area is 106 Å². The number of halogens is 1. The Bertz CT molecular complexity index is 461. The second kappa shape index (κ2) is 5.47. The van der Waals surface area contributed by atoms with E-state index in [1.165, 1.54) is 6.07 Å². The molecule has 0 unspecified atom stereocenters. The number of hydrogen-bond acceptors (Lipinski definition) is 3. The topological polar surface area (TPSA) is 59.0 Å². The maximum absolute atomic E-state index is 13.6. The van der Waals surface area contributed by atoms with Crippen molar-refractivity contribution in [2.75, 3.05) is 6.61 Å². The van der Waals surface area contributed by atoms with Gasteiger partial charge in [-0.15, -0.1) is 0 Å². The molecule has 0 aliphatic heterocycles. The molecule has 2 rings (SSSR count). The van der Waals surface area contributed by atoms with Gasteiger partial charge in [-0.1, -0.05) is 18.9 Å². The highest BCUT2D eigenvalue weighted by Gasteiger charge is 2.29. The zero-order valence-electron chi connectivity index (χ0n) is 10.3. The average molecular weight is 248 g/mol. The molecule has 1 aliphatic carbocycles. The van der Waals surface area contributed by atoms with Crippen LogP contribution in [0.3, 0.4) is 0 Å². The fourth-order valence-corrected chi connectivity index (χ4v) is 2.32. The first kappa shape index (κ1) is 13.0. The number of hydrogen-bond donors (Lipinski definition) is 1. The Morgan fingerprint density at radius 3 is 2.72 bits per heavy atom. The normalized spacial score (nSPS) is 17.6. The summed E-state index contributed by atoms with van der Waals surface area (Å²) < 4.78 is 19.1. The lowest BCUT2D eigenvalue weighted by atomic mass is 10.0. The van der Waals surface area contributed by atoms with Crippen molar-refractivity contribution in [3.63, 3.8) is 0 Å². The molecule has 1 aliphatic rings. The summed E-state index contributed by atoms with van der Waals surface area (Å²) in [5.41, 5.74) is 6.70. The van der Waals surface area contributed by atoms with Gasteiger partial charge < -0.3 is 10.5 Å². The van der Waals surface area contributed by atoms with Crippen molar-refractivity contribution in [2.45, 2.75) is 37.8 Å². The van der Waals surface area contributed by atoms with Gasteiger partial charge in [0.15, 0.2) is 0 Å². The third-order valence-corrected chi connectivity index (χ3v) is 3.43. The molecule has 3 nitrogen and oxygen atoms in total. The number of nitriles is 1. The van der Waals surface area contributed by atoms with Gasteiger partial charge >= 0.3 is 0 Å². The second-order valence-corrected chi connectivity index (χ2v) is 4.98. The second-order valence-electron chi connectivity index (χ2n) is 4.98. The maximum Gasteiger partial charge on any atom is 0.130 e. The molecule has 1 saturated carbocycles. The molecule has 0 spiro atoms. The van der Waals surface area contributed by atoms with Crippen LogP contribution in [0, 0.1) is 17.1 Å². The highest BCUT2D eigenvalue weighted by molar-refractivity contribution is 5.32. The van der Waals surface area contributed by atoms with Crippen LogP contribution >= 0.6 is 0 Å². The van der Waals surface area contributed by atoms with Gasteiger partial charge in [0.05, 0.1) is 24.8 Å². The fraction of sp³-hybridized carbons (Fsp3) is 0.500. The molecule has 0 heterocycles. The number of nitrogens with zero attached hydrogens (tertiary/aromatic N) is 1. The largest absolute Gasteiger partial charge is 0.375 e. The van der Waals surface area contributed by atoms with E-state index in [1.807, 2.05) is 6.07 Å². The minimum Gasteiger partial charge on any atom is -0.375 e. The fourth-order valence-electron chi connectivity index (χ4n) is 2.32. The van der Waals surface area contributed by atoms with Crippen LogP contribution in [0.1, 0.15) is 36.8 Å². The van der Waals surface area contributed by atoms with Crippen LogP contribution in [0.25, 0.3) is 0 Å². The van der Waals surface area contributed by atoms with Gasteiger partial charge in [0.2, 0.25) is 0 Å². The third-order valence-electron chi connectivity index (χ3n) is 3.43. The zero-order valence-corrected chi connectivity index (χ0v) is 10.3. The molecule has 2 N–H and O–H groups in total. The molecular weight excluding hydrogens is 231 g/mol. The summed E-state index contributed by atoms with van der Waals surface area (Å²) in [6.45, 7) is 0.670. The van der Waals surface area contributed by atoms with E-state index >= 15 is 0 Å². The van der Waals surface area contributed by atoms with Crippen LogP contribution < -0.4 is 5.73 Å². The summed E-state index contributed by atoms with van der Waals surface area (Å²) in [5.74, 6) is -0.397. The van der Waals surface area contributed by atoms with Crippen molar-refractivity contribution in [2.24, 2.45) is 5.73 Å². The predicted octanol–water partition coefficient (Wildman–Crippen LogP) is 2.49. The SMILES string of the molecule is N#Cc1ccc(COCC2(N)CCCC2)c(F)c1. The van der Waals surface area contributed by atoms with Crippen LogP contribution in [0.4, 0.5) is 4.39 Å².